The Morgan fingerprint density at radius 1 is 0.951 bits per heavy atom. The first-order valence-corrected chi connectivity index (χ1v) is 13.5. The normalized spacial score (nSPS) is 15.2. The highest BCUT2D eigenvalue weighted by Gasteiger charge is 2.37. The number of hydrogen-bond acceptors (Lipinski definition) is 7. The molecule has 0 unspecified atom stereocenters. The molecule has 0 spiro atoms. The number of nitrogens with zero attached hydrogens (tertiary/aromatic N) is 2. The first kappa shape index (κ1) is 28.3. The number of carbonyl (C=O) groups excluding carboxylic acids is 2. The number of rotatable bonds is 10. The molecule has 9 nitrogen and oxygen atoms in total. The van der Waals surface area contributed by atoms with Crippen LogP contribution in [0, 0.1) is 0 Å². The highest BCUT2D eigenvalue weighted by molar-refractivity contribution is 6.12. The van der Waals surface area contributed by atoms with Crippen molar-refractivity contribution in [3.05, 3.63) is 57.9 Å². The summed E-state index contributed by atoms with van der Waals surface area (Å²) in [5.41, 5.74) is -1.25. The van der Waals surface area contributed by atoms with Crippen molar-refractivity contribution in [2.45, 2.75) is 45.2 Å². The summed E-state index contributed by atoms with van der Waals surface area (Å²) >= 11 is 0. The number of alkyl halides is 3. The maximum atomic E-state index is 13.5. The first-order valence-electron chi connectivity index (χ1n) is 13.5. The molecule has 12 heteroatoms. The molecule has 2 aromatic carbocycles. The van der Waals surface area contributed by atoms with Gasteiger partial charge < -0.3 is 18.6 Å². The molecule has 0 aliphatic carbocycles. The van der Waals surface area contributed by atoms with Crippen LogP contribution in [0.25, 0.3) is 11.0 Å². The maximum Gasteiger partial charge on any atom is 0.417 e. The van der Waals surface area contributed by atoms with Crippen LogP contribution in [0.15, 0.2) is 45.6 Å². The minimum Gasteiger partial charge on any atom is -0.493 e. The number of halogens is 3. The Kier molecular flexibility index (Phi) is 8.09. The van der Waals surface area contributed by atoms with Gasteiger partial charge in [0.1, 0.15) is 31.1 Å². The fourth-order valence-electron chi connectivity index (χ4n) is 5.01. The summed E-state index contributed by atoms with van der Waals surface area (Å²) in [7, 11) is 0. The Morgan fingerprint density at radius 2 is 1.73 bits per heavy atom. The van der Waals surface area contributed by atoms with Crippen molar-refractivity contribution in [1.82, 2.24) is 4.90 Å². The van der Waals surface area contributed by atoms with E-state index >= 15 is 0 Å². The van der Waals surface area contributed by atoms with E-state index < -0.39 is 23.4 Å². The summed E-state index contributed by atoms with van der Waals surface area (Å²) < 4.78 is 62.6. The standard InChI is InChI=1S/C29H29F3N2O7/c1-2-6-20-22(10-8-19-21(29(30,31)32)16-26(36)41-27(19)20)38-12-5-3-4-11-33-25(35)17-34(28(33)37)18-7-9-23-24(15-18)40-14-13-39-23/h7-10,15-16H,2-6,11-14,17H2,1H3. The summed E-state index contributed by atoms with van der Waals surface area (Å²) in [5.74, 6) is 1.20. The topological polar surface area (TPSA) is 98.5 Å². The molecular weight excluding hydrogens is 545 g/mol. The molecule has 5 rings (SSSR count). The van der Waals surface area contributed by atoms with Crippen molar-refractivity contribution < 1.29 is 41.4 Å². The Labute approximate surface area is 233 Å². The number of anilines is 1. The SMILES string of the molecule is CCCc1c(OCCCCCN2C(=O)CN(c3ccc4c(c3)OCCO4)C2=O)ccc2c(C(F)(F)F)cc(=O)oc12. The van der Waals surface area contributed by atoms with E-state index in [1.165, 1.54) is 21.9 Å². The number of hydrogen-bond donors (Lipinski definition) is 0. The lowest BCUT2D eigenvalue weighted by Crippen LogP contribution is -2.33. The number of fused-ring (bicyclic) bond motifs is 2. The van der Waals surface area contributed by atoms with Crippen molar-refractivity contribution in [3.8, 4) is 17.2 Å². The van der Waals surface area contributed by atoms with Crippen LogP contribution in [0.3, 0.4) is 0 Å². The molecule has 3 amide bonds. The van der Waals surface area contributed by atoms with E-state index in [0.29, 0.717) is 79.9 Å². The molecule has 0 atom stereocenters. The van der Waals surface area contributed by atoms with Gasteiger partial charge in [0.2, 0.25) is 0 Å². The molecule has 1 saturated heterocycles. The predicted octanol–water partition coefficient (Wildman–Crippen LogP) is 5.55. The average molecular weight is 575 g/mol. The fourth-order valence-corrected chi connectivity index (χ4v) is 5.01. The molecule has 2 aliphatic rings. The van der Waals surface area contributed by atoms with E-state index in [-0.39, 0.29) is 36.6 Å². The third kappa shape index (κ3) is 5.96. The zero-order valence-corrected chi connectivity index (χ0v) is 22.4. The minimum atomic E-state index is -4.70. The quantitative estimate of drug-likeness (QED) is 0.178. The van der Waals surface area contributed by atoms with Gasteiger partial charge in [-0.25, -0.2) is 9.59 Å². The van der Waals surface area contributed by atoms with E-state index in [1.807, 2.05) is 6.92 Å². The molecule has 2 aliphatic heterocycles. The number of aryl methyl sites for hydroxylation is 1. The second kappa shape index (κ2) is 11.7. The number of unbranched alkanes of at least 4 members (excludes halogenated alkanes) is 2. The number of amides is 3. The molecule has 3 heterocycles. The van der Waals surface area contributed by atoms with E-state index in [1.54, 1.807) is 18.2 Å². The zero-order valence-electron chi connectivity index (χ0n) is 22.4. The number of ether oxygens (including phenoxy) is 3. The van der Waals surface area contributed by atoms with Crippen molar-refractivity contribution in [2.75, 3.05) is 37.8 Å². The summed E-state index contributed by atoms with van der Waals surface area (Å²) in [6, 6.07) is 7.91. The van der Waals surface area contributed by atoms with Gasteiger partial charge >= 0.3 is 17.8 Å². The third-order valence-corrected chi connectivity index (χ3v) is 6.96. The molecule has 218 valence electrons. The van der Waals surface area contributed by atoms with Crippen LogP contribution in [0.1, 0.15) is 43.7 Å². The maximum absolute atomic E-state index is 13.5. The van der Waals surface area contributed by atoms with Crippen LogP contribution in [0.5, 0.6) is 17.2 Å². The monoisotopic (exact) mass is 574 g/mol. The van der Waals surface area contributed by atoms with Gasteiger partial charge in [0, 0.05) is 35.3 Å². The average Bonchev–Trinajstić information content (AvgIpc) is 3.23. The van der Waals surface area contributed by atoms with Crippen LogP contribution >= 0.6 is 0 Å². The van der Waals surface area contributed by atoms with Gasteiger partial charge in [0.15, 0.2) is 11.5 Å². The lowest BCUT2D eigenvalue weighted by molar-refractivity contribution is -0.136. The number of carbonyl (C=O) groups is 2. The predicted molar refractivity (Wildman–Crippen MR) is 143 cm³/mol. The molecular formula is C29H29F3N2O7. The largest absolute Gasteiger partial charge is 0.493 e. The van der Waals surface area contributed by atoms with Gasteiger partial charge in [-0.3, -0.25) is 14.6 Å². The number of urea groups is 1. The molecule has 3 aromatic rings. The van der Waals surface area contributed by atoms with E-state index in [9.17, 15) is 27.6 Å². The van der Waals surface area contributed by atoms with E-state index in [4.69, 9.17) is 18.6 Å². The van der Waals surface area contributed by atoms with Crippen LogP contribution in [0.2, 0.25) is 0 Å². The van der Waals surface area contributed by atoms with Crippen molar-refractivity contribution in [3.63, 3.8) is 0 Å². The summed E-state index contributed by atoms with van der Waals surface area (Å²) in [5, 5.41) is -0.182. The fraction of sp³-hybridized carbons (Fsp3) is 0.414. The van der Waals surface area contributed by atoms with Gasteiger partial charge in [-0.05, 0) is 49.9 Å². The smallest absolute Gasteiger partial charge is 0.417 e. The third-order valence-electron chi connectivity index (χ3n) is 6.96. The molecule has 0 N–H and O–H groups in total. The summed E-state index contributed by atoms with van der Waals surface area (Å²) in [6.45, 7) is 3.18. The molecule has 0 radical (unpaired) electrons. The van der Waals surface area contributed by atoms with Crippen molar-refractivity contribution >= 4 is 28.6 Å². The van der Waals surface area contributed by atoms with Crippen LogP contribution in [-0.4, -0.2) is 49.7 Å². The van der Waals surface area contributed by atoms with Gasteiger partial charge in [-0.15, -0.1) is 0 Å². The van der Waals surface area contributed by atoms with Crippen LogP contribution in [-0.2, 0) is 17.4 Å². The van der Waals surface area contributed by atoms with Crippen LogP contribution < -0.4 is 24.7 Å². The zero-order chi connectivity index (χ0) is 29.1. The first-order chi connectivity index (χ1) is 19.7. The lowest BCUT2D eigenvalue weighted by Gasteiger charge is -2.22. The second-order valence-electron chi connectivity index (χ2n) is 9.80. The van der Waals surface area contributed by atoms with E-state index in [2.05, 4.69) is 0 Å². The summed E-state index contributed by atoms with van der Waals surface area (Å²) in [4.78, 5) is 40.0. The second-order valence-corrected chi connectivity index (χ2v) is 9.80. The lowest BCUT2D eigenvalue weighted by atomic mass is 10.0. The summed E-state index contributed by atoms with van der Waals surface area (Å²) in [6.07, 6.45) is -1.94. The van der Waals surface area contributed by atoms with Gasteiger partial charge in [-0.1, -0.05) is 13.3 Å². The molecule has 41 heavy (non-hydrogen) atoms. The molecule has 0 saturated carbocycles. The van der Waals surface area contributed by atoms with Crippen molar-refractivity contribution in [1.29, 1.82) is 0 Å². The van der Waals surface area contributed by atoms with Crippen LogP contribution in [0.4, 0.5) is 23.7 Å². The Morgan fingerprint density at radius 3 is 2.49 bits per heavy atom. The Hall–Kier alpha value is -4.22. The molecule has 1 fully saturated rings. The number of benzene rings is 2. The van der Waals surface area contributed by atoms with Crippen molar-refractivity contribution in [2.24, 2.45) is 0 Å². The minimum absolute atomic E-state index is 0.0596. The van der Waals surface area contributed by atoms with Gasteiger partial charge in [0.05, 0.1) is 12.2 Å². The Bertz CT molecular complexity index is 1520. The highest BCUT2D eigenvalue weighted by Crippen LogP contribution is 2.38. The van der Waals surface area contributed by atoms with Gasteiger partial charge in [0.25, 0.3) is 5.91 Å². The number of imide groups is 1. The molecule has 0 bridgehead atoms. The molecule has 1 aromatic heterocycles. The van der Waals surface area contributed by atoms with Gasteiger partial charge in [-0.2, -0.15) is 13.2 Å². The Balaban J connectivity index is 1.16. The van der Waals surface area contributed by atoms with E-state index in [0.717, 1.165) is 0 Å². The highest BCUT2D eigenvalue weighted by atomic mass is 19.4.